The molecule has 0 amide bonds. The minimum Gasteiger partial charge on any atom is -0.388 e. The summed E-state index contributed by atoms with van der Waals surface area (Å²) < 4.78 is 19.2. The van der Waals surface area contributed by atoms with Crippen molar-refractivity contribution in [2.75, 3.05) is 26.8 Å². The number of halogens is 1. The Morgan fingerprint density at radius 2 is 2.15 bits per heavy atom. The molecule has 0 spiro atoms. The van der Waals surface area contributed by atoms with Crippen LogP contribution in [0.2, 0.25) is 0 Å². The first-order valence-electron chi connectivity index (χ1n) is 6.70. The largest absolute Gasteiger partial charge is 0.388 e. The van der Waals surface area contributed by atoms with Crippen molar-refractivity contribution >= 4 is 0 Å². The Balaban J connectivity index is 2.01. The zero-order valence-corrected chi connectivity index (χ0v) is 11.6. The van der Waals surface area contributed by atoms with Gasteiger partial charge in [-0.25, -0.2) is 4.39 Å². The van der Waals surface area contributed by atoms with Crippen LogP contribution in [-0.4, -0.2) is 42.4 Å². The number of likely N-dealkylation sites (N-methyl/N-ethyl adjacent to an activating group) is 1. The molecule has 1 aromatic carbocycles. The van der Waals surface area contributed by atoms with Gasteiger partial charge in [-0.1, -0.05) is 12.1 Å². The number of rotatable bonds is 4. The van der Waals surface area contributed by atoms with Gasteiger partial charge in [0.25, 0.3) is 0 Å². The molecule has 0 bridgehead atoms. The Morgan fingerprint density at radius 3 is 2.80 bits per heavy atom. The number of aliphatic hydroxyl groups is 1. The molecule has 0 atom stereocenters. The van der Waals surface area contributed by atoms with Gasteiger partial charge in [-0.2, -0.15) is 5.26 Å². The monoisotopic (exact) mass is 278 g/mol. The minimum atomic E-state index is -0.768. The van der Waals surface area contributed by atoms with Crippen molar-refractivity contribution in [1.82, 2.24) is 4.90 Å². The van der Waals surface area contributed by atoms with Gasteiger partial charge in [-0.15, -0.1) is 0 Å². The van der Waals surface area contributed by atoms with Crippen LogP contribution in [0.25, 0.3) is 0 Å². The molecular weight excluding hydrogens is 259 g/mol. The summed E-state index contributed by atoms with van der Waals surface area (Å²) in [5.41, 5.74) is -0.237. The first-order valence-corrected chi connectivity index (χ1v) is 6.70. The van der Waals surface area contributed by atoms with Crippen LogP contribution in [0.1, 0.15) is 24.0 Å². The van der Waals surface area contributed by atoms with Crippen LogP contribution < -0.4 is 0 Å². The van der Waals surface area contributed by atoms with Gasteiger partial charge in [0.2, 0.25) is 0 Å². The average molecular weight is 278 g/mol. The molecule has 0 unspecified atom stereocenters. The van der Waals surface area contributed by atoms with Crippen molar-refractivity contribution in [2.45, 2.75) is 25.0 Å². The van der Waals surface area contributed by atoms with Crippen molar-refractivity contribution in [3.63, 3.8) is 0 Å². The number of ether oxygens (including phenoxy) is 1. The van der Waals surface area contributed by atoms with E-state index in [1.807, 2.05) is 18.0 Å². The van der Waals surface area contributed by atoms with Gasteiger partial charge in [-0.05, 0) is 13.1 Å². The highest BCUT2D eigenvalue weighted by Crippen LogP contribution is 2.22. The lowest BCUT2D eigenvalue weighted by Crippen LogP contribution is -2.45. The molecule has 1 aromatic rings. The summed E-state index contributed by atoms with van der Waals surface area (Å²) in [6, 6.07) is 6.64. The Kier molecular flexibility index (Phi) is 4.71. The van der Waals surface area contributed by atoms with E-state index in [0.717, 1.165) is 0 Å². The number of hydrogen-bond donors (Lipinski definition) is 1. The standard InChI is InChI=1S/C15H19FN2O2/c1-18(11-15(19)5-7-20-8-6-15)10-13-4-2-3-12(9-17)14(13)16/h2-4,19H,5-8,10-11H2,1H3. The fourth-order valence-electron chi connectivity index (χ4n) is 2.55. The molecule has 5 heteroatoms. The molecule has 0 saturated carbocycles. The van der Waals surface area contributed by atoms with Gasteiger partial charge in [0.1, 0.15) is 11.9 Å². The summed E-state index contributed by atoms with van der Waals surface area (Å²) in [6.45, 7) is 1.95. The SMILES string of the molecule is CN(Cc1cccc(C#N)c1F)CC1(O)CCOCC1. The maximum atomic E-state index is 14.0. The summed E-state index contributed by atoms with van der Waals surface area (Å²) in [5, 5.41) is 19.2. The van der Waals surface area contributed by atoms with E-state index in [-0.39, 0.29) is 5.56 Å². The summed E-state index contributed by atoms with van der Waals surface area (Å²) in [6.07, 6.45) is 1.19. The molecule has 20 heavy (non-hydrogen) atoms. The number of nitriles is 1. The van der Waals surface area contributed by atoms with Crippen molar-refractivity contribution in [2.24, 2.45) is 0 Å². The zero-order valence-electron chi connectivity index (χ0n) is 11.6. The highest BCUT2D eigenvalue weighted by atomic mass is 19.1. The number of benzene rings is 1. The Labute approximate surface area is 118 Å². The van der Waals surface area contributed by atoms with Gasteiger partial charge in [-0.3, -0.25) is 4.90 Å². The van der Waals surface area contributed by atoms with Crippen LogP contribution in [0.4, 0.5) is 4.39 Å². The maximum Gasteiger partial charge on any atom is 0.145 e. The first-order chi connectivity index (χ1) is 9.54. The molecular formula is C15H19FN2O2. The number of nitrogens with zero attached hydrogens (tertiary/aromatic N) is 2. The van der Waals surface area contributed by atoms with Crippen molar-refractivity contribution in [1.29, 1.82) is 5.26 Å². The molecule has 1 fully saturated rings. The van der Waals surface area contributed by atoms with Crippen molar-refractivity contribution in [3.05, 3.63) is 35.1 Å². The van der Waals surface area contributed by atoms with E-state index < -0.39 is 11.4 Å². The zero-order chi connectivity index (χ0) is 14.6. The average Bonchev–Trinajstić information content (AvgIpc) is 2.41. The molecule has 0 radical (unpaired) electrons. The highest BCUT2D eigenvalue weighted by molar-refractivity contribution is 5.34. The second-order valence-corrected chi connectivity index (χ2v) is 5.40. The van der Waals surface area contributed by atoms with Gasteiger partial charge >= 0.3 is 0 Å². The Bertz CT molecular complexity index is 507. The second-order valence-electron chi connectivity index (χ2n) is 5.40. The van der Waals surface area contributed by atoms with Crippen LogP contribution in [-0.2, 0) is 11.3 Å². The second kappa shape index (κ2) is 6.31. The number of hydrogen-bond acceptors (Lipinski definition) is 4. The van der Waals surface area contributed by atoms with E-state index in [1.165, 1.54) is 6.07 Å². The van der Waals surface area contributed by atoms with Crippen LogP contribution in [0.3, 0.4) is 0 Å². The lowest BCUT2D eigenvalue weighted by Gasteiger charge is -2.35. The third-order valence-corrected chi connectivity index (χ3v) is 3.63. The lowest BCUT2D eigenvalue weighted by molar-refractivity contribution is -0.0778. The first kappa shape index (κ1) is 14.9. The third-order valence-electron chi connectivity index (χ3n) is 3.63. The van der Waals surface area contributed by atoms with Crippen LogP contribution in [0.5, 0.6) is 0 Å². The molecule has 4 nitrogen and oxygen atoms in total. The topological polar surface area (TPSA) is 56.5 Å². The normalized spacial score (nSPS) is 17.9. The van der Waals surface area contributed by atoms with Gasteiger partial charge < -0.3 is 9.84 Å². The molecule has 1 N–H and O–H groups in total. The van der Waals surface area contributed by atoms with E-state index in [1.54, 1.807) is 12.1 Å². The van der Waals surface area contributed by atoms with E-state index in [0.29, 0.717) is 44.7 Å². The van der Waals surface area contributed by atoms with Gasteiger partial charge in [0.05, 0.1) is 11.2 Å². The molecule has 0 aliphatic carbocycles. The summed E-state index contributed by atoms with van der Waals surface area (Å²) in [7, 11) is 1.84. The third kappa shape index (κ3) is 3.54. The fraction of sp³-hybridized carbons (Fsp3) is 0.533. The maximum absolute atomic E-state index is 14.0. The van der Waals surface area contributed by atoms with Crippen LogP contribution >= 0.6 is 0 Å². The van der Waals surface area contributed by atoms with Crippen LogP contribution in [0, 0.1) is 17.1 Å². The quantitative estimate of drug-likeness (QED) is 0.910. The van der Waals surface area contributed by atoms with E-state index >= 15 is 0 Å². The smallest absolute Gasteiger partial charge is 0.145 e. The molecule has 1 saturated heterocycles. The highest BCUT2D eigenvalue weighted by Gasteiger charge is 2.31. The Hall–Kier alpha value is -1.48. The van der Waals surface area contributed by atoms with E-state index in [2.05, 4.69) is 0 Å². The van der Waals surface area contributed by atoms with Crippen molar-refractivity contribution < 1.29 is 14.2 Å². The van der Waals surface area contributed by atoms with Crippen molar-refractivity contribution in [3.8, 4) is 6.07 Å². The minimum absolute atomic E-state index is 0.0562. The van der Waals surface area contributed by atoms with E-state index in [9.17, 15) is 9.50 Å². The summed E-state index contributed by atoms with van der Waals surface area (Å²) in [5.74, 6) is -0.471. The fourth-order valence-corrected chi connectivity index (χ4v) is 2.55. The Morgan fingerprint density at radius 1 is 1.45 bits per heavy atom. The summed E-state index contributed by atoms with van der Waals surface area (Å²) >= 11 is 0. The molecule has 108 valence electrons. The van der Waals surface area contributed by atoms with Gasteiger partial charge in [0.15, 0.2) is 0 Å². The molecule has 2 rings (SSSR count). The van der Waals surface area contributed by atoms with E-state index in [4.69, 9.17) is 10.00 Å². The predicted molar refractivity (Wildman–Crippen MR) is 72.5 cm³/mol. The summed E-state index contributed by atoms with van der Waals surface area (Å²) in [4.78, 5) is 1.88. The lowest BCUT2D eigenvalue weighted by atomic mass is 9.94. The van der Waals surface area contributed by atoms with Crippen LogP contribution in [0.15, 0.2) is 18.2 Å². The molecule has 1 aliphatic heterocycles. The molecule has 0 aromatic heterocycles. The predicted octanol–water partition coefficient (Wildman–Crippen LogP) is 1.67. The van der Waals surface area contributed by atoms with Gasteiger partial charge in [0, 0.05) is 44.7 Å². The molecule has 1 heterocycles. The molecule has 1 aliphatic rings.